The second-order valence-corrected chi connectivity index (χ2v) is 3.56. The maximum atomic E-state index is 11.9. The Morgan fingerprint density at radius 2 is 2.20 bits per heavy atom. The Morgan fingerprint density at radius 1 is 1.53 bits per heavy atom. The lowest BCUT2D eigenvalue weighted by atomic mass is 10.2. The second-order valence-electron chi connectivity index (χ2n) is 2.65. The van der Waals surface area contributed by atoms with Crippen LogP contribution in [0.3, 0.4) is 0 Å². The van der Waals surface area contributed by atoms with Gasteiger partial charge in [0, 0.05) is 4.47 Å². The van der Waals surface area contributed by atoms with Gasteiger partial charge in [0.1, 0.15) is 17.9 Å². The number of rotatable bonds is 4. The topological polar surface area (TPSA) is 46.5 Å². The van der Waals surface area contributed by atoms with E-state index in [4.69, 9.17) is 5.11 Å². The molecule has 0 unspecified atom stereocenters. The highest BCUT2D eigenvalue weighted by molar-refractivity contribution is 9.10. The van der Waals surface area contributed by atoms with Crippen molar-refractivity contribution in [3.8, 4) is 5.75 Å². The summed E-state index contributed by atoms with van der Waals surface area (Å²) in [4.78, 5) is 10.7. The first-order chi connectivity index (χ1) is 7.00. The predicted octanol–water partition coefficient (Wildman–Crippen LogP) is 2.79. The Balaban J connectivity index is 2.91. The summed E-state index contributed by atoms with van der Waals surface area (Å²) in [5.74, 6) is -1.29. The Bertz CT molecular complexity index is 368. The summed E-state index contributed by atoms with van der Waals surface area (Å²) in [6, 6.07) is 4.15. The van der Waals surface area contributed by atoms with E-state index in [0.29, 0.717) is 4.47 Å². The molecule has 6 heteroatoms. The molecule has 1 N–H and O–H groups in total. The van der Waals surface area contributed by atoms with Crippen molar-refractivity contribution in [2.45, 2.75) is 6.43 Å². The Hall–Kier alpha value is -1.17. The average molecular weight is 281 g/mol. The van der Waals surface area contributed by atoms with E-state index in [1.54, 1.807) is 0 Å². The largest absolute Gasteiger partial charge is 0.487 e. The van der Waals surface area contributed by atoms with Gasteiger partial charge in [0.25, 0.3) is 6.43 Å². The van der Waals surface area contributed by atoms with Crippen molar-refractivity contribution in [3.05, 3.63) is 28.2 Å². The lowest BCUT2D eigenvalue weighted by molar-refractivity contribution is 0.0664. The van der Waals surface area contributed by atoms with Crippen molar-refractivity contribution in [2.75, 3.05) is 6.61 Å². The molecular formula is C9H7BrF2O3. The molecule has 15 heavy (non-hydrogen) atoms. The molecule has 0 saturated carbocycles. The molecule has 0 fully saturated rings. The number of alkyl halides is 2. The predicted molar refractivity (Wildman–Crippen MR) is 52.6 cm³/mol. The normalized spacial score (nSPS) is 10.4. The van der Waals surface area contributed by atoms with Gasteiger partial charge < -0.3 is 9.84 Å². The second kappa shape index (κ2) is 5.06. The van der Waals surface area contributed by atoms with Crippen LogP contribution in [0.1, 0.15) is 10.4 Å². The van der Waals surface area contributed by atoms with Crippen molar-refractivity contribution in [2.24, 2.45) is 0 Å². The molecule has 0 aromatic heterocycles. The van der Waals surface area contributed by atoms with Gasteiger partial charge >= 0.3 is 5.97 Å². The molecule has 0 aliphatic carbocycles. The highest BCUT2D eigenvalue weighted by Crippen LogP contribution is 2.23. The van der Waals surface area contributed by atoms with Crippen LogP contribution in [0.5, 0.6) is 5.75 Å². The first kappa shape index (κ1) is 11.9. The van der Waals surface area contributed by atoms with E-state index in [0.717, 1.165) is 0 Å². The minimum absolute atomic E-state index is 0.0639. The zero-order valence-corrected chi connectivity index (χ0v) is 9.00. The molecule has 0 aliphatic heterocycles. The Kier molecular flexibility index (Phi) is 4.02. The third kappa shape index (κ3) is 3.47. The van der Waals surface area contributed by atoms with Crippen LogP contribution >= 0.6 is 15.9 Å². The SMILES string of the molecule is O=C(O)c1cc(Br)ccc1OCC(F)F. The molecule has 3 nitrogen and oxygen atoms in total. The summed E-state index contributed by atoms with van der Waals surface area (Å²) >= 11 is 3.08. The van der Waals surface area contributed by atoms with Gasteiger partial charge in [0.15, 0.2) is 0 Å². The lowest BCUT2D eigenvalue weighted by Gasteiger charge is -2.08. The van der Waals surface area contributed by atoms with Crippen LogP contribution in [0.25, 0.3) is 0 Å². The van der Waals surface area contributed by atoms with E-state index in [-0.39, 0.29) is 11.3 Å². The highest BCUT2D eigenvalue weighted by Gasteiger charge is 2.13. The number of aromatic carboxylic acids is 1. The summed E-state index contributed by atoms with van der Waals surface area (Å²) in [5, 5.41) is 8.77. The van der Waals surface area contributed by atoms with Crippen molar-refractivity contribution < 1.29 is 23.4 Å². The molecule has 0 spiro atoms. The smallest absolute Gasteiger partial charge is 0.339 e. The number of halogens is 3. The average Bonchev–Trinajstić information content (AvgIpc) is 2.15. The maximum Gasteiger partial charge on any atom is 0.339 e. The zero-order chi connectivity index (χ0) is 11.4. The summed E-state index contributed by atoms with van der Waals surface area (Å²) < 4.78 is 28.9. The minimum Gasteiger partial charge on any atom is -0.487 e. The molecule has 1 aromatic carbocycles. The van der Waals surface area contributed by atoms with Gasteiger partial charge in [-0.25, -0.2) is 13.6 Å². The van der Waals surface area contributed by atoms with Crippen LogP contribution < -0.4 is 4.74 Å². The monoisotopic (exact) mass is 280 g/mol. The molecule has 0 aliphatic rings. The molecule has 0 saturated heterocycles. The van der Waals surface area contributed by atoms with E-state index in [2.05, 4.69) is 20.7 Å². The first-order valence-corrected chi connectivity index (χ1v) is 4.74. The summed E-state index contributed by atoms with van der Waals surface area (Å²) in [6.45, 7) is -0.818. The summed E-state index contributed by atoms with van der Waals surface area (Å²) in [6.07, 6.45) is -2.63. The minimum atomic E-state index is -2.63. The van der Waals surface area contributed by atoms with Crippen molar-refractivity contribution >= 4 is 21.9 Å². The number of carbonyl (C=O) groups is 1. The molecule has 0 amide bonds. The number of carboxylic acids is 1. The maximum absolute atomic E-state index is 11.9. The molecule has 82 valence electrons. The fourth-order valence-corrected chi connectivity index (χ4v) is 1.31. The van der Waals surface area contributed by atoms with E-state index < -0.39 is 19.0 Å². The van der Waals surface area contributed by atoms with Crippen LogP contribution in [0.15, 0.2) is 22.7 Å². The molecule has 0 radical (unpaired) electrons. The van der Waals surface area contributed by atoms with Crippen LogP contribution in [-0.2, 0) is 0 Å². The van der Waals surface area contributed by atoms with Gasteiger partial charge in [-0.15, -0.1) is 0 Å². The third-order valence-corrected chi connectivity index (χ3v) is 2.03. The number of hydrogen-bond donors (Lipinski definition) is 1. The van der Waals surface area contributed by atoms with Crippen molar-refractivity contribution in [1.82, 2.24) is 0 Å². The van der Waals surface area contributed by atoms with Crippen LogP contribution in [-0.4, -0.2) is 24.1 Å². The van der Waals surface area contributed by atoms with Crippen molar-refractivity contribution in [1.29, 1.82) is 0 Å². The van der Waals surface area contributed by atoms with Crippen LogP contribution in [0.2, 0.25) is 0 Å². The van der Waals surface area contributed by atoms with Gasteiger partial charge in [0.05, 0.1) is 0 Å². The molecule has 0 atom stereocenters. The van der Waals surface area contributed by atoms with Gasteiger partial charge in [-0.2, -0.15) is 0 Å². The van der Waals surface area contributed by atoms with Gasteiger partial charge in [-0.3, -0.25) is 0 Å². The fraction of sp³-hybridized carbons (Fsp3) is 0.222. The Morgan fingerprint density at radius 3 is 2.73 bits per heavy atom. The molecular weight excluding hydrogens is 274 g/mol. The standard InChI is InChI=1S/C9H7BrF2O3/c10-5-1-2-7(15-4-8(11)12)6(3-5)9(13)14/h1-3,8H,4H2,(H,13,14). The third-order valence-electron chi connectivity index (χ3n) is 1.54. The van der Waals surface area contributed by atoms with Gasteiger partial charge in [-0.05, 0) is 18.2 Å². The lowest BCUT2D eigenvalue weighted by Crippen LogP contribution is -2.10. The van der Waals surface area contributed by atoms with E-state index in [1.807, 2.05) is 0 Å². The van der Waals surface area contributed by atoms with Crippen LogP contribution in [0, 0.1) is 0 Å². The summed E-state index contributed by atoms with van der Waals surface area (Å²) in [5.41, 5.74) is -0.148. The number of carboxylic acid groups (broad SMARTS) is 1. The fourth-order valence-electron chi connectivity index (χ4n) is 0.948. The first-order valence-electron chi connectivity index (χ1n) is 3.94. The quantitative estimate of drug-likeness (QED) is 0.923. The number of hydrogen-bond acceptors (Lipinski definition) is 2. The zero-order valence-electron chi connectivity index (χ0n) is 7.41. The van der Waals surface area contributed by atoms with Gasteiger partial charge in [0.2, 0.25) is 0 Å². The molecule has 0 heterocycles. The Labute approximate surface area is 92.8 Å². The summed E-state index contributed by atoms with van der Waals surface area (Å²) in [7, 11) is 0. The van der Waals surface area contributed by atoms with E-state index in [1.165, 1.54) is 18.2 Å². The molecule has 1 aromatic rings. The number of ether oxygens (including phenoxy) is 1. The van der Waals surface area contributed by atoms with Crippen molar-refractivity contribution in [3.63, 3.8) is 0 Å². The van der Waals surface area contributed by atoms with E-state index >= 15 is 0 Å². The molecule has 0 bridgehead atoms. The molecule has 1 rings (SSSR count). The van der Waals surface area contributed by atoms with Crippen LogP contribution in [0.4, 0.5) is 8.78 Å². The highest BCUT2D eigenvalue weighted by atomic mass is 79.9. The number of benzene rings is 1. The van der Waals surface area contributed by atoms with Gasteiger partial charge in [-0.1, -0.05) is 15.9 Å². The van der Waals surface area contributed by atoms with E-state index in [9.17, 15) is 13.6 Å².